The highest BCUT2D eigenvalue weighted by molar-refractivity contribution is 6.28. The second kappa shape index (κ2) is 8.12. The van der Waals surface area contributed by atoms with Crippen molar-refractivity contribution in [1.82, 2.24) is 35.6 Å². The molecule has 2 aromatic heterocycles. The van der Waals surface area contributed by atoms with Crippen LogP contribution < -0.4 is 10.6 Å². The lowest BCUT2D eigenvalue weighted by atomic mass is 9.96. The predicted molar refractivity (Wildman–Crippen MR) is 114 cm³/mol. The minimum absolute atomic E-state index is 0.120. The largest absolute Gasteiger partial charge is 0.344 e. The number of aromatic nitrogens is 5. The summed E-state index contributed by atoms with van der Waals surface area (Å²) in [6, 6.07) is 7.84. The summed E-state index contributed by atoms with van der Waals surface area (Å²) in [5.74, 6) is -0.227. The van der Waals surface area contributed by atoms with Crippen molar-refractivity contribution in [2.75, 3.05) is 6.54 Å². The summed E-state index contributed by atoms with van der Waals surface area (Å²) in [4.78, 5) is 21.1. The molecule has 0 saturated heterocycles. The number of fused-ring (bicyclic) bond motifs is 1. The maximum Gasteiger partial charge on any atom is 0.273 e. The van der Waals surface area contributed by atoms with Crippen LogP contribution in [0.15, 0.2) is 36.7 Å². The minimum Gasteiger partial charge on any atom is -0.344 e. The summed E-state index contributed by atoms with van der Waals surface area (Å²) in [7, 11) is 0. The Labute approximate surface area is 180 Å². The normalized spacial score (nSPS) is 16.6. The Morgan fingerprint density at radius 2 is 2.13 bits per heavy atom. The van der Waals surface area contributed by atoms with Gasteiger partial charge in [0.25, 0.3) is 5.91 Å². The van der Waals surface area contributed by atoms with Crippen LogP contribution in [0.2, 0.25) is 5.28 Å². The van der Waals surface area contributed by atoms with Crippen LogP contribution in [0.5, 0.6) is 0 Å². The Hall–Kier alpha value is -2.84. The molecule has 1 atom stereocenters. The number of nitrogens with one attached hydrogen (secondary N) is 2. The van der Waals surface area contributed by atoms with Crippen LogP contribution in [0.4, 0.5) is 0 Å². The molecule has 0 saturated carbocycles. The standard InChI is InChI=1S/C21H24ClN7O/c1-21(2,3)29-12-18(27-28-29)19(30)25-17-6-8-23-11-14-10-13(4-5-15(14)17)16-7-9-24-20(22)26-16/h4-5,7,9-10,12,17,23H,6,8,11H2,1-3H3,(H,25,30)/t17-/m1/s1. The third-order valence-electron chi connectivity index (χ3n) is 5.08. The Kier molecular flexibility index (Phi) is 5.53. The van der Waals surface area contributed by atoms with E-state index in [4.69, 9.17) is 11.6 Å². The van der Waals surface area contributed by atoms with Crippen LogP contribution in [0, 0.1) is 0 Å². The lowest BCUT2D eigenvalue weighted by Crippen LogP contribution is -2.30. The number of benzene rings is 1. The molecule has 3 heterocycles. The average molecular weight is 426 g/mol. The lowest BCUT2D eigenvalue weighted by molar-refractivity contribution is 0.0930. The Bertz CT molecular complexity index is 1070. The number of rotatable bonds is 3. The highest BCUT2D eigenvalue weighted by Crippen LogP contribution is 2.28. The van der Waals surface area contributed by atoms with Gasteiger partial charge < -0.3 is 10.6 Å². The predicted octanol–water partition coefficient (Wildman–Crippen LogP) is 3.11. The second-order valence-electron chi connectivity index (χ2n) is 8.34. The van der Waals surface area contributed by atoms with Gasteiger partial charge in [0, 0.05) is 18.3 Å². The fraction of sp³-hybridized carbons (Fsp3) is 0.381. The number of nitrogens with zero attached hydrogens (tertiary/aromatic N) is 5. The molecule has 1 aliphatic rings. The van der Waals surface area contributed by atoms with Crippen molar-refractivity contribution in [2.24, 2.45) is 0 Å². The van der Waals surface area contributed by atoms with Crippen LogP contribution in [0.1, 0.15) is 54.8 Å². The molecule has 0 bridgehead atoms. The fourth-order valence-electron chi connectivity index (χ4n) is 3.46. The monoisotopic (exact) mass is 425 g/mol. The van der Waals surface area contributed by atoms with Gasteiger partial charge in [0.15, 0.2) is 5.69 Å². The highest BCUT2D eigenvalue weighted by Gasteiger charge is 2.24. The molecular weight excluding hydrogens is 402 g/mol. The molecule has 0 unspecified atom stereocenters. The van der Waals surface area contributed by atoms with E-state index < -0.39 is 0 Å². The van der Waals surface area contributed by atoms with Crippen LogP contribution in [-0.4, -0.2) is 37.4 Å². The number of amides is 1. The van der Waals surface area contributed by atoms with Gasteiger partial charge >= 0.3 is 0 Å². The van der Waals surface area contributed by atoms with Gasteiger partial charge in [-0.3, -0.25) is 4.79 Å². The van der Waals surface area contributed by atoms with Crippen molar-refractivity contribution < 1.29 is 4.79 Å². The average Bonchev–Trinajstić information content (AvgIpc) is 3.13. The zero-order valence-corrected chi connectivity index (χ0v) is 17.9. The smallest absolute Gasteiger partial charge is 0.273 e. The van der Waals surface area contributed by atoms with Gasteiger partial charge in [0.2, 0.25) is 5.28 Å². The molecule has 1 aromatic carbocycles. The molecule has 4 rings (SSSR count). The van der Waals surface area contributed by atoms with Crippen molar-refractivity contribution in [3.8, 4) is 11.3 Å². The number of carbonyl (C=O) groups is 1. The molecule has 8 nitrogen and oxygen atoms in total. The van der Waals surface area contributed by atoms with Crippen LogP contribution >= 0.6 is 11.6 Å². The molecule has 156 valence electrons. The van der Waals surface area contributed by atoms with Gasteiger partial charge in [0.1, 0.15) is 0 Å². The molecule has 0 aliphatic carbocycles. The first-order valence-corrected chi connectivity index (χ1v) is 10.3. The van der Waals surface area contributed by atoms with Gasteiger partial charge in [-0.15, -0.1) is 5.10 Å². The van der Waals surface area contributed by atoms with Gasteiger partial charge in [-0.1, -0.05) is 17.3 Å². The van der Waals surface area contributed by atoms with Crippen LogP contribution in [0.25, 0.3) is 11.3 Å². The molecule has 2 N–H and O–H groups in total. The molecule has 0 fully saturated rings. The van der Waals surface area contributed by atoms with Gasteiger partial charge in [0.05, 0.1) is 23.5 Å². The van der Waals surface area contributed by atoms with Crippen molar-refractivity contribution >= 4 is 17.5 Å². The molecule has 0 radical (unpaired) electrons. The molecule has 1 aliphatic heterocycles. The van der Waals surface area contributed by atoms with Crippen LogP contribution in [-0.2, 0) is 12.1 Å². The van der Waals surface area contributed by atoms with Gasteiger partial charge in [-0.05, 0) is 68.6 Å². The van der Waals surface area contributed by atoms with Crippen LogP contribution in [0.3, 0.4) is 0 Å². The van der Waals surface area contributed by atoms with Crippen molar-refractivity contribution in [1.29, 1.82) is 0 Å². The molecule has 0 spiro atoms. The number of carbonyl (C=O) groups excluding carboxylic acids is 1. The van der Waals surface area contributed by atoms with Crippen molar-refractivity contribution in [3.05, 3.63) is 58.8 Å². The summed E-state index contributed by atoms with van der Waals surface area (Å²) >= 11 is 5.94. The molecule has 9 heteroatoms. The highest BCUT2D eigenvalue weighted by atomic mass is 35.5. The van der Waals surface area contributed by atoms with Gasteiger partial charge in [-0.25, -0.2) is 14.6 Å². The third-order valence-corrected chi connectivity index (χ3v) is 5.27. The summed E-state index contributed by atoms with van der Waals surface area (Å²) < 4.78 is 1.70. The number of halogens is 1. The third kappa shape index (κ3) is 4.34. The summed E-state index contributed by atoms with van der Waals surface area (Å²) in [6.07, 6.45) is 4.11. The first-order valence-electron chi connectivity index (χ1n) is 9.87. The van der Waals surface area contributed by atoms with E-state index in [0.29, 0.717) is 12.2 Å². The summed E-state index contributed by atoms with van der Waals surface area (Å²) in [6.45, 7) is 7.55. The Morgan fingerprint density at radius 1 is 1.30 bits per heavy atom. The van der Waals surface area contributed by atoms with E-state index in [2.05, 4.69) is 37.0 Å². The Morgan fingerprint density at radius 3 is 2.87 bits per heavy atom. The Balaban J connectivity index is 1.58. The molecule has 3 aromatic rings. The number of hydrogen-bond acceptors (Lipinski definition) is 6. The molecular formula is C21H24ClN7O. The SMILES string of the molecule is CC(C)(C)n1cc(C(=O)N[C@@H]2CCNCc3cc(-c4ccnc(Cl)n4)ccc32)nn1. The maximum absolute atomic E-state index is 12.8. The van der Waals surface area contributed by atoms with E-state index >= 15 is 0 Å². The zero-order valence-electron chi connectivity index (χ0n) is 17.2. The molecule has 1 amide bonds. The quantitative estimate of drug-likeness (QED) is 0.626. The summed E-state index contributed by atoms with van der Waals surface area (Å²) in [5, 5.41) is 14.9. The van der Waals surface area contributed by atoms with E-state index in [1.54, 1.807) is 17.1 Å². The first kappa shape index (κ1) is 20.4. The van der Waals surface area contributed by atoms with Crippen molar-refractivity contribution in [3.63, 3.8) is 0 Å². The second-order valence-corrected chi connectivity index (χ2v) is 8.67. The van der Waals surface area contributed by atoms with E-state index in [1.807, 2.05) is 39.0 Å². The van der Waals surface area contributed by atoms with Crippen molar-refractivity contribution in [2.45, 2.75) is 45.3 Å². The maximum atomic E-state index is 12.8. The zero-order chi connectivity index (χ0) is 21.3. The molecule has 30 heavy (non-hydrogen) atoms. The fourth-order valence-corrected chi connectivity index (χ4v) is 3.60. The first-order chi connectivity index (χ1) is 14.3. The number of hydrogen-bond donors (Lipinski definition) is 2. The van der Waals surface area contributed by atoms with E-state index in [0.717, 1.165) is 35.3 Å². The summed E-state index contributed by atoms with van der Waals surface area (Å²) in [5.41, 5.74) is 4.01. The topological polar surface area (TPSA) is 97.6 Å². The van der Waals surface area contributed by atoms with E-state index in [1.165, 1.54) is 0 Å². The minimum atomic E-state index is -0.231. The van der Waals surface area contributed by atoms with Gasteiger partial charge in [-0.2, -0.15) is 0 Å². The lowest BCUT2D eigenvalue weighted by Gasteiger charge is -2.19. The van der Waals surface area contributed by atoms with E-state index in [9.17, 15) is 4.79 Å². The van der Waals surface area contributed by atoms with E-state index in [-0.39, 0.29) is 22.8 Å².